The molecule has 6 heteroatoms. The van der Waals surface area contributed by atoms with Gasteiger partial charge in [0.15, 0.2) is 5.13 Å². The number of thiazole rings is 1. The van der Waals surface area contributed by atoms with Gasteiger partial charge in [0.1, 0.15) is 0 Å². The van der Waals surface area contributed by atoms with Crippen molar-refractivity contribution in [3.8, 4) is 0 Å². The number of hydrogen-bond donors (Lipinski definition) is 3. The molecule has 1 aromatic rings. The molecule has 0 spiro atoms. The van der Waals surface area contributed by atoms with Crippen LogP contribution in [-0.2, 0) is 6.54 Å². The van der Waals surface area contributed by atoms with Crippen molar-refractivity contribution >= 4 is 28.9 Å². The van der Waals surface area contributed by atoms with Crippen LogP contribution in [0.4, 0.5) is 5.13 Å². The summed E-state index contributed by atoms with van der Waals surface area (Å²) in [6.45, 7) is 5.03. The minimum atomic E-state index is -0.168. The van der Waals surface area contributed by atoms with E-state index in [0.717, 1.165) is 24.3 Å². The van der Waals surface area contributed by atoms with Gasteiger partial charge in [-0.05, 0) is 12.8 Å². The normalized spacial score (nSPS) is 11.2. The van der Waals surface area contributed by atoms with E-state index < -0.39 is 0 Å². The van der Waals surface area contributed by atoms with Crippen LogP contribution in [0, 0.1) is 0 Å². The summed E-state index contributed by atoms with van der Waals surface area (Å²) in [5.74, 6) is 0. The van der Waals surface area contributed by atoms with Crippen LogP contribution in [0.25, 0.3) is 0 Å². The van der Waals surface area contributed by atoms with Gasteiger partial charge in [-0.3, -0.25) is 0 Å². The largest absolute Gasteiger partial charge is 0.394 e. The topological polar surface area (TPSA) is 71.2 Å². The van der Waals surface area contributed by atoms with Crippen molar-refractivity contribution < 1.29 is 5.11 Å². The molecule has 0 saturated heterocycles. The van der Waals surface area contributed by atoms with Crippen LogP contribution in [0.5, 0.6) is 0 Å². The van der Waals surface area contributed by atoms with Gasteiger partial charge >= 0.3 is 0 Å². The minimum Gasteiger partial charge on any atom is -0.394 e. The SMILES string of the molecule is CCC(CC)(CO)NCc1cnc(N)s1.Cl. The molecule has 0 aliphatic carbocycles. The number of aliphatic hydroxyl groups is 1. The van der Waals surface area contributed by atoms with Crippen molar-refractivity contribution in [3.63, 3.8) is 0 Å². The molecule has 0 radical (unpaired) electrons. The molecule has 0 bridgehead atoms. The third-order valence-corrected chi connectivity index (χ3v) is 3.69. The molecular formula is C10H20ClN3OS. The Balaban J connectivity index is 0.00000225. The first kappa shape index (κ1) is 15.6. The van der Waals surface area contributed by atoms with Gasteiger partial charge in [0.05, 0.1) is 6.61 Å². The van der Waals surface area contributed by atoms with E-state index in [4.69, 9.17) is 5.73 Å². The van der Waals surface area contributed by atoms with E-state index in [9.17, 15) is 5.11 Å². The second-order valence-corrected chi connectivity index (χ2v) is 4.81. The van der Waals surface area contributed by atoms with E-state index in [-0.39, 0.29) is 24.6 Å². The summed E-state index contributed by atoms with van der Waals surface area (Å²) >= 11 is 1.48. The van der Waals surface area contributed by atoms with Gasteiger partial charge in [-0.25, -0.2) is 4.98 Å². The average Bonchev–Trinajstić information content (AvgIpc) is 2.67. The lowest BCUT2D eigenvalue weighted by Gasteiger charge is -2.30. The Hall–Kier alpha value is -0.360. The first-order valence-corrected chi connectivity index (χ1v) is 6.03. The van der Waals surface area contributed by atoms with E-state index in [2.05, 4.69) is 24.1 Å². The zero-order valence-electron chi connectivity index (χ0n) is 9.69. The van der Waals surface area contributed by atoms with Crippen molar-refractivity contribution in [1.82, 2.24) is 10.3 Å². The van der Waals surface area contributed by atoms with Crippen molar-refractivity contribution in [3.05, 3.63) is 11.1 Å². The Bertz CT molecular complexity index is 294. The van der Waals surface area contributed by atoms with Crippen molar-refractivity contribution in [1.29, 1.82) is 0 Å². The summed E-state index contributed by atoms with van der Waals surface area (Å²) in [5, 5.41) is 13.3. The second kappa shape index (κ2) is 7.06. The Labute approximate surface area is 107 Å². The fraction of sp³-hybridized carbons (Fsp3) is 0.700. The second-order valence-electron chi connectivity index (χ2n) is 3.66. The number of rotatable bonds is 6. The van der Waals surface area contributed by atoms with E-state index in [1.165, 1.54) is 11.3 Å². The molecule has 16 heavy (non-hydrogen) atoms. The number of nitrogen functional groups attached to an aromatic ring is 1. The molecule has 1 aromatic heterocycles. The summed E-state index contributed by atoms with van der Waals surface area (Å²) in [4.78, 5) is 5.09. The maximum atomic E-state index is 9.36. The Kier molecular flexibility index (Phi) is 6.90. The summed E-state index contributed by atoms with van der Waals surface area (Å²) in [7, 11) is 0. The monoisotopic (exact) mass is 265 g/mol. The predicted octanol–water partition coefficient (Wildman–Crippen LogP) is 1.79. The van der Waals surface area contributed by atoms with Crippen molar-refractivity contribution in [2.45, 2.75) is 38.8 Å². The van der Waals surface area contributed by atoms with Crippen molar-refractivity contribution in [2.75, 3.05) is 12.3 Å². The first-order chi connectivity index (χ1) is 7.15. The molecule has 0 unspecified atom stereocenters. The highest BCUT2D eigenvalue weighted by Crippen LogP contribution is 2.18. The highest BCUT2D eigenvalue weighted by atomic mass is 35.5. The van der Waals surface area contributed by atoms with Gasteiger partial charge in [-0.1, -0.05) is 13.8 Å². The summed E-state index contributed by atoms with van der Waals surface area (Å²) in [5.41, 5.74) is 5.38. The number of nitrogens with zero attached hydrogens (tertiary/aromatic N) is 1. The number of nitrogens with two attached hydrogens (primary N) is 1. The number of nitrogens with one attached hydrogen (secondary N) is 1. The van der Waals surface area contributed by atoms with Gasteiger partial charge in [0.25, 0.3) is 0 Å². The lowest BCUT2D eigenvalue weighted by atomic mass is 9.94. The quantitative estimate of drug-likeness (QED) is 0.733. The van der Waals surface area contributed by atoms with Crippen LogP contribution in [0.15, 0.2) is 6.20 Å². The van der Waals surface area contributed by atoms with E-state index in [1.807, 2.05) is 0 Å². The number of hydrogen-bond acceptors (Lipinski definition) is 5. The van der Waals surface area contributed by atoms with Crippen LogP contribution >= 0.6 is 23.7 Å². The summed E-state index contributed by atoms with van der Waals surface area (Å²) in [6.07, 6.45) is 3.60. The maximum absolute atomic E-state index is 9.36. The molecule has 4 nitrogen and oxygen atoms in total. The van der Waals surface area contributed by atoms with Gasteiger partial charge in [-0.2, -0.15) is 0 Å². The summed E-state index contributed by atoms with van der Waals surface area (Å²) < 4.78 is 0. The van der Waals surface area contributed by atoms with Crippen LogP contribution in [-0.4, -0.2) is 22.2 Å². The molecule has 0 aliphatic rings. The standard InChI is InChI=1S/C10H19N3OS.ClH/c1-3-10(4-2,7-14)13-6-8-5-12-9(11)15-8;/h5,13-14H,3-4,6-7H2,1-2H3,(H2,11,12);1H. The van der Waals surface area contributed by atoms with Gasteiger partial charge in [-0.15, -0.1) is 23.7 Å². The molecule has 0 fully saturated rings. The van der Waals surface area contributed by atoms with E-state index >= 15 is 0 Å². The minimum absolute atomic E-state index is 0. The molecule has 94 valence electrons. The van der Waals surface area contributed by atoms with Crippen LogP contribution in [0.2, 0.25) is 0 Å². The molecule has 4 N–H and O–H groups in total. The number of halogens is 1. The van der Waals surface area contributed by atoms with E-state index in [1.54, 1.807) is 6.20 Å². The third-order valence-electron chi connectivity index (χ3n) is 2.87. The molecular weight excluding hydrogens is 246 g/mol. The van der Waals surface area contributed by atoms with Gasteiger partial charge < -0.3 is 16.2 Å². The molecule has 0 amide bonds. The summed E-state index contributed by atoms with van der Waals surface area (Å²) in [6, 6.07) is 0. The fourth-order valence-corrected chi connectivity index (χ4v) is 2.08. The van der Waals surface area contributed by atoms with Crippen LogP contribution in [0.3, 0.4) is 0 Å². The van der Waals surface area contributed by atoms with Crippen LogP contribution < -0.4 is 11.1 Å². The zero-order valence-corrected chi connectivity index (χ0v) is 11.3. The van der Waals surface area contributed by atoms with Crippen molar-refractivity contribution in [2.24, 2.45) is 0 Å². The molecule has 1 heterocycles. The molecule has 0 saturated carbocycles. The molecule has 0 atom stereocenters. The predicted molar refractivity (Wildman–Crippen MR) is 71.0 cm³/mol. The number of anilines is 1. The first-order valence-electron chi connectivity index (χ1n) is 5.22. The van der Waals surface area contributed by atoms with Crippen LogP contribution in [0.1, 0.15) is 31.6 Å². The number of aliphatic hydroxyl groups excluding tert-OH is 1. The van der Waals surface area contributed by atoms with E-state index in [0.29, 0.717) is 5.13 Å². The average molecular weight is 266 g/mol. The third kappa shape index (κ3) is 3.90. The zero-order chi connectivity index (χ0) is 11.3. The number of aromatic nitrogens is 1. The highest BCUT2D eigenvalue weighted by Gasteiger charge is 2.24. The van der Waals surface area contributed by atoms with Gasteiger partial charge in [0.2, 0.25) is 0 Å². The Morgan fingerprint density at radius 2 is 2.12 bits per heavy atom. The molecule has 0 aliphatic heterocycles. The molecule has 1 rings (SSSR count). The Morgan fingerprint density at radius 3 is 2.50 bits per heavy atom. The smallest absolute Gasteiger partial charge is 0.180 e. The Morgan fingerprint density at radius 1 is 1.50 bits per heavy atom. The molecule has 0 aromatic carbocycles. The van der Waals surface area contributed by atoms with Gasteiger partial charge in [0, 0.05) is 23.2 Å². The lowest BCUT2D eigenvalue weighted by molar-refractivity contribution is 0.150. The lowest BCUT2D eigenvalue weighted by Crippen LogP contribution is -2.46. The highest BCUT2D eigenvalue weighted by molar-refractivity contribution is 7.15. The fourth-order valence-electron chi connectivity index (χ4n) is 1.46. The maximum Gasteiger partial charge on any atom is 0.180 e.